The van der Waals surface area contributed by atoms with Crippen LogP contribution in [0.4, 0.5) is 10.6 Å². The van der Waals surface area contributed by atoms with Crippen molar-refractivity contribution in [2.45, 2.75) is 53.1 Å². The second kappa shape index (κ2) is 6.81. The summed E-state index contributed by atoms with van der Waals surface area (Å²) >= 11 is 0. The van der Waals surface area contributed by atoms with Gasteiger partial charge in [0.25, 0.3) is 0 Å². The number of hydrogen-bond acceptors (Lipinski definition) is 4. The van der Waals surface area contributed by atoms with Gasteiger partial charge in [-0.3, -0.25) is 5.32 Å². The lowest BCUT2D eigenvalue weighted by Gasteiger charge is -2.19. The highest BCUT2D eigenvalue weighted by atomic mass is 16.6. The Kier molecular flexibility index (Phi) is 5.03. The summed E-state index contributed by atoms with van der Waals surface area (Å²) in [5.74, 6) is 1.25. The Morgan fingerprint density at radius 1 is 1.26 bits per heavy atom. The van der Waals surface area contributed by atoms with Crippen LogP contribution in [-0.2, 0) is 17.6 Å². The fraction of sp³-hybridized carbons (Fsp3) is 0.471. The third-order valence-electron chi connectivity index (χ3n) is 3.22. The first-order valence-corrected chi connectivity index (χ1v) is 7.86. The van der Waals surface area contributed by atoms with Crippen molar-refractivity contribution in [1.82, 2.24) is 15.0 Å². The quantitative estimate of drug-likeness (QED) is 0.895. The fourth-order valence-electron chi connectivity index (χ4n) is 2.18. The minimum atomic E-state index is -0.536. The van der Waals surface area contributed by atoms with E-state index in [-0.39, 0.29) is 0 Å². The molecule has 0 fully saturated rings. The molecule has 0 bridgehead atoms. The second-order valence-corrected chi connectivity index (χ2v) is 6.28. The molecule has 0 aliphatic carbocycles. The first-order chi connectivity index (χ1) is 10.8. The van der Waals surface area contributed by atoms with Crippen molar-refractivity contribution in [2.24, 2.45) is 0 Å². The lowest BCUT2D eigenvalue weighted by Crippen LogP contribution is -2.27. The topological polar surface area (TPSA) is 79.9 Å². The van der Waals surface area contributed by atoms with Gasteiger partial charge in [0.05, 0.1) is 5.69 Å². The van der Waals surface area contributed by atoms with E-state index in [1.54, 1.807) is 12.3 Å². The van der Waals surface area contributed by atoms with Gasteiger partial charge < -0.3 is 9.72 Å². The first kappa shape index (κ1) is 17.0. The number of carbonyl (C=O) groups is 1. The second-order valence-electron chi connectivity index (χ2n) is 6.28. The molecule has 6 nitrogen and oxygen atoms in total. The van der Waals surface area contributed by atoms with E-state index in [1.807, 2.05) is 26.8 Å². The smallest absolute Gasteiger partial charge is 0.413 e. The molecule has 2 heterocycles. The zero-order valence-electron chi connectivity index (χ0n) is 14.4. The molecule has 1 amide bonds. The number of aryl methyl sites for hydroxylation is 2. The predicted octanol–water partition coefficient (Wildman–Crippen LogP) is 3.94. The fourth-order valence-corrected chi connectivity index (χ4v) is 2.18. The summed E-state index contributed by atoms with van der Waals surface area (Å²) in [6.45, 7) is 9.64. The Hall–Kier alpha value is -2.37. The maximum atomic E-state index is 11.7. The summed E-state index contributed by atoms with van der Waals surface area (Å²) in [7, 11) is 0. The molecule has 0 unspecified atom stereocenters. The van der Waals surface area contributed by atoms with Crippen LogP contribution >= 0.6 is 0 Å². The van der Waals surface area contributed by atoms with Crippen LogP contribution in [0.5, 0.6) is 0 Å². The molecule has 0 saturated heterocycles. The van der Waals surface area contributed by atoms with Crippen LogP contribution in [0.3, 0.4) is 0 Å². The van der Waals surface area contributed by atoms with E-state index >= 15 is 0 Å². The van der Waals surface area contributed by atoms with Gasteiger partial charge in [-0.1, -0.05) is 13.8 Å². The zero-order valence-corrected chi connectivity index (χ0v) is 14.4. The average molecular weight is 316 g/mol. The highest BCUT2D eigenvalue weighted by Crippen LogP contribution is 2.20. The summed E-state index contributed by atoms with van der Waals surface area (Å²) in [5.41, 5.74) is 2.58. The summed E-state index contributed by atoms with van der Waals surface area (Å²) < 4.78 is 5.20. The molecule has 124 valence electrons. The number of ether oxygens (including phenoxy) is 1. The Morgan fingerprint density at radius 2 is 2.00 bits per heavy atom. The van der Waals surface area contributed by atoms with Crippen LogP contribution in [0.1, 0.15) is 46.0 Å². The van der Waals surface area contributed by atoms with E-state index in [2.05, 4.69) is 34.1 Å². The molecule has 2 aromatic rings. The number of hydrogen-bond donors (Lipinski definition) is 2. The van der Waals surface area contributed by atoms with Gasteiger partial charge in [-0.05, 0) is 45.7 Å². The van der Waals surface area contributed by atoms with E-state index in [1.165, 1.54) is 0 Å². The monoisotopic (exact) mass is 316 g/mol. The van der Waals surface area contributed by atoms with Crippen molar-refractivity contribution >= 4 is 11.9 Å². The van der Waals surface area contributed by atoms with E-state index in [4.69, 9.17) is 4.74 Å². The molecule has 0 radical (unpaired) electrons. The van der Waals surface area contributed by atoms with Crippen LogP contribution in [0.15, 0.2) is 18.3 Å². The van der Waals surface area contributed by atoms with Gasteiger partial charge in [-0.15, -0.1) is 0 Å². The van der Waals surface area contributed by atoms with E-state index < -0.39 is 11.7 Å². The van der Waals surface area contributed by atoms with Crippen molar-refractivity contribution in [3.63, 3.8) is 0 Å². The highest BCUT2D eigenvalue weighted by molar-refractivity contribution is 5.83. The molecular weight excluding hydrogens is 292 g/mol. The number of H-pyrrole nitrogens is 1. The van der Waals surface area contributed by atoms with Crippen molar-refractivity contribution in [2.75, 3.05) is 5.32 Å². The molecule has 0 saturated carbocycles. The summed E-state index contributed by atoms with van der Waals surface area (Å²) in [6.07, 6.45) is 2.98. The maximum absolute atomic E-state index is 11.7. The molecule has 2 aromatic heterocycles. The van der Waals surface area contributed by atoms with Gasteiger partial charge in [0, 0.05) is 17.5 Å². The number of anilines is 1. The van der Waals surface area contributed by atoms with Gasteiger partial charge in [-0.25, -0.2) is 14.8 Å². The normalized spacial score (nSPS) is 11.3. The van der Waals surface area contributed by atoms with Gasteiger partial charge in [0.2, 0.25) is 0 Å². The number of rotatable bonds is 4. The molecule has 6 heteroatoms. The lowest BCUT2D eigenvalue weighted by molar-refractivity contribution is 0.0635. The molecule has 2 rings (SSSR count). The number of pyridine rings is 1. The number of nitrogens with one attached hydrogen (secondary N) is 2. The van der Waals surface area contributed by atoms with Crippen molar-refractivity contribution in [3.05, 3.63) is 29.7 Å². The molecule has 0 aliphatic rings. The number of aromatic amines is 1. The lowest BCUT2D eigenvalue weighted by atomic mass is 10.2. The summed E-state index contributed by atoms with van der Waals surface area (Å²) in [5, 5.41) is 2.61. The van der Waals surface area contributed by atoms with E-state index in [0.717, 1.165) is 35.6 Å². The Balaban J connectivity index is 2.10. The van der Waals surface area contributed by atoms with Crippen LogP contribution < -0.4 is 5.32 Å². The number of aromatic nitrogens is 3. The van der Waals surface area contributed by atoms with Gasteiger partial charge in [-0.2, -0.15) is 0 Å². The predicted molar refractivity (Wildman–Crippen MR) is 90.4 cm³/mol. The first-order valence-electron chi connectivity index (χ1n) is 7.86. The molecule has 0 atom stereocenters. The van der Waals surface area contributed by atoms with Gasteiger partial charge in [0.1, 0.15) is 17.2 Å². The highest BCUT2D eigenvalue weighted by Gasteiger charge is 2.16. The van der Waals surface area contributed by atoms with Crippen molar-refractivity contribution in [1.29, 1.82) is 0 Å². The van der Waals surface area contributed by atoms with Gasteiger partial charge in [0.15, 0.2) is 0 Å². The molecule has 0 spiro atoms. The van der Waals surface area contributed by atoms with Crippen molar-refractivity contribution in [3.8, 4) is 11.4 Å². The van der Waals surface area contributed by atoms with Crippen LogP contribution in [0, 0.1) is 0 Å². The third kappa shape index (κ3) is 4.55. The summed E-state index contributed by atoms with van der Waals surface area (Å²) in [6, 6.07) is 3.61. The third-order valence-corrected chi connectivity index (χ3v) is 3.22. The Bertz CT molecular complexity index is 647. The van der Waals surface area contributed by atoms with Crippen LogP contribution in [0.25, 0.3) is 11.4 Å². The molecule has 0 aromatic carbocycles. The van der Waals surface area contributed by atoms with Gasteiger partial charge >= 0.3 is 6.09 Å². The molecule has 0 aliphatic heterocycles. The van der Waals surface area contributed by atoms with E-state index in [0.29, 0.717) is 5.82 Å². The Labute approximate surface area is 136 Å². The molecule has 23 heavy (non-hydrogen) atoms. The SMILES string of the molecule is CCc1nc(-c2ccc(NC(=O)OC(C)(C)C)nc2)[nH]c1CC. The largest absolute Gasteiger partial charge is 0.444 e. The Morgan fingerprint density at radius 3 is 2.48 bits per heavy atom. The number of nitrogens with zero attached hydrogens (tertiary/aromatic N) is 2. The van der Waals surface area contributed by atoms with E-state index in [9.17, 15) is 4.79 Å². The van der Waals surface area contributed by atoms with Crippen LogP contribution in [0.2, 0.25) is 0 Å². The number of imidazole rings is 1. The van der Waals surface area contributed by atoms with Crippen molar-refractivity contribution < 1.29 is 9.53 Å². The maximum Gasteiger partial charge on any atom is 0.413 e. The number of carbonyl (C=O) groups excluding carboxylic acids is 1. The standard InChI is InChI=1S/C17H24N4O2/c1-6-12-13(7-2)20-15(19-12)11-8-9-14(18-10-11)21-16(22)23-17(3,4)5/h8-10H,6-7H2,1-5H3,(H,19,20)(H,18,21,22). The zero-order chi connectivity index (χ0) is 17.0. The number of amides is 1. The minimum Gasteiger partial charge on any atom is -0.444 e. The molecule has 2 N–H and O–H groups in total. The van der Waals surface area contributed by atoms with Crippen LogP contribution in [-0.4, -0.2) is 26.6 Å². The average Bonchev–Trinajstić information content (AvgIpc) is 2.89. The summed E-state index contributed by atoms with van der Waals surface area (Å²) in [4.78, 5) is 23.9. The minimum absolute atomic E-state index is 0.445. The molecular formula is C17H24N4O2.